The molecule has 0 aromatic rings. The van der Waals surface area contributed by atoms with Gasteiger partial charge in [0, 0.05) is 39.1 Å². The quantitative estimate of drug-likeness (QED) is 0.486. The van der Waals surface area contributed by atoms with E-state index in [4.69, 9.17) is 5.73 Å². The van der Waals surface area contributed by atoms with Crippen LogP contribution in [-0.4, -0.2) is 67.4 Å². The average Bonchev–Trinajstić information content (AvgIpc) is 2.28. The summed E-state index contributed by atoms with van der Waals surface area (Å²) in [7, 11) is 2.04. The van der Waals surface area contributed by atoms with Crippen LogP contribution in [0.15, 0.2) is 0 Å². The summed E-state index contributed by atoms with van der Waals surface area (Å²) in [6.45, 7) is 4.73. The van der Waals surface area contributed by atoms with E-state index < -0.39 is 0 Å². The number of likely N-dealkylation sites (N-methyl/N-ethyl adjacent to an activating group) is 1. The molecule has 0 saturated carbocycles. The molecule has 98 valence electrons. The van der Waals surface area contributed by atoms with Crippen LogP contribution in [0.1, 0.15) is 6.92 Å². The maximum absolute atomic E-state index is 11.5. The second kappa shape index (κ2) is 6.53. The number of carbonyl (C=O) groups excluding carboxylic acids is 2. The number of carbonyl (C=O) groups is 2. The number of hydrazine groups is 1. The number of nitrogens with zero attached hydrogens (tertiary/aromatic N) is 2. The second-order valence-corrected chi connectivity index (χ2v) is 4.35. The predicted octanol–water partition coefficient (Wildman–Crippen LogP) is -2.27. The molecule has 0 aliphatic carbocycles. The highest BCUT2D eigenvalue weighted by Gasteiger charge is 2.25. The summed E-state index contributed by atoms with van der Waals surface area (Å²) in [5.41, 5.74) is 10.3. The molecule has 1 heterocycles. The molecule has 1 atom stereocenters. The summed E-state index contributed by atoms with van der Waals surface area (Å²) >= 11 is 0. The van der Waals surface area contributed by atoms with Crippen molar-refractivity contribution in [3.05, 3.63) is 0 Å². The van der Waals surface area contributed by atoms with Crippen LogP contribution in [0.2, 0.25) is 0 Å². The molecule has 0 aromatic carbocycles. The highest BCUT2D eigenvalue weighted by Crippen LogP contribution is 2.06. The van der Waals surface area contributed by atoms with Crippen molar-refractivity contribution >= 4 is 11.8 Å². The van der Waals surface area contributed by atoms with Crippen LogP contribution in [0.25, 0.3) is 0 Å². The van der Waals surface area contributed by atoms with Crippen molar-refractivity contribution in [2.24, 2.45) is 5.73 Å². The molecule has 4 N–H and O–H groups in total. The molecule has 1 unspecified atom stereocenters. The van der Waals surface area contributed by atoms with E-state index in [0.717, 1.165) is 19.6 Å². The van der Waals surface area contributed by atoms with Crippen molar-refractivity contribution < 1.29 is 9.59 Å². The van der Waals surface area contributed by atoms with Crippen LogP contribution in [0.5, 0.6) is 0 Å². The fourth-order valence-electron chi connectivity index (χ4n) is 1.86. The highest BCUT2D eigenvalue weighted by molar-refractivity contribution is 5.81. The lowest BCUT2D eigenvalue weighted by Gasteiger charge is -2.38. The second-order valence-electron chi connectivity index (χ2n) is 4.35. The Balaban J connectivity index is 2.38. The van der Waals surface area contributed by atoms with Crippen LogP contribution in [0.3, 0.4) is 0 Å². The van der Waals surface area contributed by atoms with E-state index in [-0.39, 0.29) is 24.4 Å². The maximum atomic E-state index is 11.5. The first-order valence-corrected chi connectivity index (χ1v) is 5.71. The Hall–Kier alpha value is -1.18. The molecule has 0 radical (unpaired) electrons. The van der Waals surface area contributed by atoms with Crippen LogP contribution >= 0.6 is 0 Å². The van der Waals surface area contributed by atoms with E-state index in [0.29, 0.717) is 6.54 Å². The van der Waals surface area contributed by atoms with E-state index in [1.165, 1.54) is 6.92 Å². The monoisotopic (exact) mass is 243 g/mol. The molecule has 1 aliphatic rings. The van der Waals surface area contributed by atoms with Crippen molar-refractivity contribution in [2.45, 2.75) is 13.0 Å². The van der Waals surface area contributed by atoms with Crippen molar-refractivity contribution in [1.82, 2.24) is 20.7 Å². The molecule has 2 amide bonds. The fraction of sp³-hybridized carbons (Fsp3) is 0.800. The zero-order valence-corrected chi connectivity index (χ0v) is 10.4. The van der Waals surface area contributed by atoms with Gasteiger partial charge in [0.25, 0.3) is 5.91 Å². The maximum Gasteiger partial charge on any atom is 0.252 e. The molecule has 7 heteroatoms. The number of nitrogens with one attached hydrogen (secondary N) is 2. The fourth-order valence-corrected chi connectivity index (χ4v) is 1.86. The van der Waals surface area contributed by atoms with Crippen LogP contribution in [0.4, 0.5) is 0 Å². The van der Waals surface area contributed by atoms with E-state index in [1.54, 1.807) is 0 Å². The predicted molar refractivity (Wildman–Crippen MR) is 63.9 cm³/mol. The molecule has 0 spiro atoms. The number of nitrogens with two attached hydrogens (primary N) is 1. The molecule has 7 nitrogen and oxygen atoms in total. The molecule has 1 rings (SSSR count). The van der Waals surface area contributed by atoms with Crippen LogP contribution in [0, 0.1) is 0 Å². The first kappa shape index (κ1) is 13.9. The minimum absolute atomic E-state index is 0.192. The number of piperazine rings is 1. The highest BCUT2D eigenvalue weighted by atomic mass is 16.2. The largest absolute Gasteiger partial charge is 0.329 e. The van der Waals surface area contributed by atoms with Gasteiger partial charge in [-0.25, -0.2) is 0 Å². The minimum atomic E-state index is -0.285. The lowest BCUT2D eigenvalue weighted by molar-refractivity contribution is -0.129. The van der Waals surface area contributed by atoms with Crippen LogP contribution in [-0.2, 0) is 9.59 Å². The summed E-state index contributed by atoms with van der Waals surface area (Å²) in [6, 6.07) is 0.192. The standard InChI is InChI=1S/C10H21N5O2/c1-8(16)12-13-10(17)7-15-4-3-14(2)6-9(15)5-11/h9H,3-7,11H2,1-2H3,(H,12,16)(H,13,17). The summed E-state index contributed by atoms with van der Waals surface area (Å²) in [5, 5.41) is 0. The third-order valence-corrected chi connectivity index (χ3v) is 2.80. The summed E-state index contributed by atoms with van der Waals surface area (Å²) in [6.07, 6.45) is 0. The lowest BCUT2D eigenvalue weighted by atomic mass is 10.1. The van der Waals surface area contributed by atoms with Gasteiger partial charge < -0.3 is 10.6 Å². The molecular formula is C10H21N5O2. The molecule has 1 fully saturated rings. The normalized spacial score (nSPS) is 22.2. The van der Waals surface area contributed by atoms with E-state index >= 15 is 0 Å². The van der Waals surface area contributed by atoms with Gasteiger partial charge in [0.15, 0.2) is 0 Å². The van der Waals surface area contributed by atoms with Gasteiger partial charge in [-0.15, -0.1) is 0 Å². The van der Waals surface area contributed by atoms with Gasteiger partial charge in [0.1, 0.15) is 0 Å². The Morgan fingerprint density at radius 1 is 1.35 bits per heavy atom. The van der Waals surface area contributed by atoms with Gasteiger partial charge in [0.05, 0.1) is 6.54 Å². The zero-order chi connectivity index (χ0) is 12.8. The van der Waals surface area contributed by atoms with Gasteiger partial charge in [-0.2, -0.15) is 0 Å². The number of hydrogen-bond donors (Lipinski definition) is 3. The molecular weight excluding hydrogens is 222 g/mol. The van der Waals surface area contributed by atoms with Crippen LogP contribution < -0.4 is 16.6 Å². The summed E-state index contributed by atoms with van der Waals surface area (Å²) in [4.78, 5) is 26.4. The van der Waals surface area contributed by atoms with E-state index in [1.807, 2.05) is 11.9 Å². The minimum Gasteiger partial charge on any atom is -0.329 e. The third-order valence-electron chi connectivity index (χ3n) is 2.80. The third kappa shape index (κ3) is 4.68. The Labute approximate surface area is 101 Å². The average molecular weight is 243 g/mol. The molecule has 17 heavy (non-hydrogen) atoms. The van der Waals surface area contributed by atoms with Gasteiger partial charge in [0.2, 0.25) is 5.91 Å². The first-order valence-electron chi connectivity index (χ1n) is 5.71. The Morgan fingerprint density at radius 3 is 2.65 bits per heavy atom. The van der Waals surface area contributed by atoms with E-state index in [2.05, 4.69) is 15.8 Å². The number of amides is 2. The topological polar surface area (TPSA) is 90.7 Å². The Kier molecular flexibility index (Phi) is 5.33. The van der Waals surface area contributed by atoms with Crippen molar-refractivity contribution in [1.29, 1.82) is 0 Å². The Morgan fingerprint density at radius 2 is 2.06 bits per heavy atom. The molecule has 0 bridgehead atoms. The number of hydrogen-bond acceptors (Lipinski definition) is 5. The van der Waals surface area contributed by atoms with Crippen molar-refractivity contribution in [3.63, 3.8) is 0 Å². The van der Waals surface area contributed by atoms with Gasteiger partial charge >= 0.3 is 0 Å². The van der Waals surface area contributed by atoms with E-state index in [9.17, 15) is 9.59 Å². The van der Waals surface area contributed by atoms with Crippen molar-refractivity contribution in [3.8, 4) is 0 Å². The zero-order valence-electron chi connectivity index (χ0n) is 10.4. The molecule has 1 aliphatic heterocycles. The van der Waals surface area contributed by atoms with Gasteiger partial charge in [-0.05, 0) is 7.05 Å². The van der Waals surface area contributed by atoms with Gasteiger partial charge in [-0.3, -0.25) is 25.3 Å². The summed E-state index contributed by atoms with van der Waals surface area (Å²) in [5.74, 6) is -0.504. The first-order chi connectivity index (χ1) is 8.02. The molecule has 1 saturated heterocycles. The SMILES string of the molecule is CC(=O)NNC(=O)CN1CCN(C)CC1CN. The number of rotatable bonds is 3. The Bertz CT molecular complexity index is 284. The summed E-state index contributed by atoms with van der Waals surface area (Å²) < 4.78 is 0. The lowest BCUT2D eigenvalue weighted by Crippen LogP contribution is -2.57. The smallest absolute Gasteiger partial charge is 0.252 e. The van der Waals surface area contributed by atoms with Gasteiger partial charge in [-0.1, -0.05) is 0 Å². The van der Waals surface area contributed by atoms with Crippen molar-refractivity contribution in [2.75, 3.05) is 39.8 Å². The molecule has 0 aromatic heterocycles.